The fourth-order valence-corrected chi connectivity index (χ4v) is 3.73. The van der Waals surface area contributed by atoms with Crippen molar-refractivity contribution in [1.29, 1.82) is 0 Å². The first-order valence-corrected chi connectivity index (χ1v) is 11.5. The van der Waals surface area contributed by atoms with E-state index in [1.165, 1.54) is 17.5 Å². The highest BCUT2D eigenvalue weighted by Crippen LogP contribution is 2.29. The van der Waals surface area contributed by atoms with Crippen LogP contribution in [0.4, 0.5) is 0 Å². The Labute approximate surface area is 183 Å². The third-order valence-corrected chi connectivity index (χ3v) is 5.43. The molecule has 0 saturated heterocycles. The first kappa shape index (κ1) is 24.0. The van der Waals surface area contributed by atoms with Crippen LogP contribution < -0.4 is 4.74 Å². The van der Waals surface area contributed by atoms with E-state index in [1.54, 1.807) is 0 Å². The van der Waals surface area contributed by atoms with Crippen LogP contribution in [0.5, 0.6) is 5.75 Å². The summed E-state index contributed by atoms with van der Waals surface area (Å²) in [5, 5.41) is 0. The lowest BCUT2D eigenvalue weighted by atomic mass is 9.88. The summed E-state index contributed by atoms with van der Waals surface area (Å²) in [6.45, 7) is 12.1. The predicted molar refractivity (Wildman–Crippen MR) is 126 cm³/mol. The zero-order chi connectivity index (χ0) is 21.9. The van der Waals surface area contributed by atoms with Gasteiger partial charge in [0.15, 0.2) is 0 Å². The van der Waals surface area contributed by atoms with Crippen molar-refractivity contribution in [2.24, 2.45) is 5.92 Å². The van der Waals surface area contributed by atoms with Crippen LogP contribution in [0.1, 0.15) is 77.3 Å². The molecule has 2 aromatic carbocycles. The molecule has 0 radical (unpaired) electrons. The smallest absolute Gasteiger partial charge is 0.222 e. The van der Waals surface area contributed by atoms with Gasteiger partial charge >= 0.3 is 0 Å². The van der Waals surface area contributed by atoms with Gasteiger partial charge in [0.2, 0.25) is 5.91 Å². The summed E-state index contributed by atoms with van der Waals surface area (Å²) < 4.78 is 5.80. The normalized spacial score (nSPS) is 12.2. The summed E-state index contributed by atoms with van der Waals surface area (Å²) in [7, 11) is 0. The molecule has 30 heavy (non-hydrogen) atoms. The highest BCUT2D eigenvalue weighted by molar-refractivity contribution is 5.75. The molecule has 164 valence electrons. The number of hydrogen-bond donors (Lipinski definition) is 0. The Balaban J connectivity index is 2.10. The summed E-state index contributed by atoms with van der Waals surface area (Å²) in [4.78, 5) is 14.6. The van der Waals surface area contributed by atoms with Crippen molar-refractivity contribution in [3.63, 3.8) is 0 Å². The van der Waals surface area contributed by atoms with Gasteiger partial charge in [0.25, 0.3) is 0 Å². The van der Waals surface area contributed by atoms with Crippen molar-refractivity contribution in [3.05, 3.63) is 65.7 Å². The monoisotopic (exact) mass is 409 g/mol. The van der Waals surface area contributed by atoms with Crippen LogP contribution >= 0.6 is 0 Å². The SMILES string of the molecule is CCC(=O)N(CCC(CCC(C)C)c1ccc(OC(C)C)cc1)Cc1ccccc1. The van der Waals surface area contributed by atoms with Crippen molar-refractivity contribution in [2.75, 3.05) is 6.54 Å². The second-order valence-electron chi connectivity index (χ2n) is 8.85. The molecular weight excluding hydrogens is 370 g/mol. The van der Waals surface area contributed by atoms with Crippen molar-refractivity contribution < 1.29 is 9.53 Å². The Hall–Kier alpha value is -2.29. The fourth-order valence-electron chi connectivity index (χ4n) is 3.73. The van der Waals surface area contributed by atoms with Crippen LogP contribution in [0.25, 0.3) is 0 Å². The summed E-state index contributed by atoms with van der Waals surface area (Å²) >= 11 is 0. The summed E-state index contributed by atoms with van der Waals surface area (Å²) in [6.07, 6.45) is 4.04. The zero-order valence-electron chi connectivity index (χ0n) is 19.4. The second kappa shape index (κ2) is 12.4. The van der Waals surface area contributed by atoms with Gasteiger partial charge in [-0.25, -0.2) is 0 Å². The number of rotatable bonds is 12. The summed E-state index contributed by atoms with van der Waals surface area (Å²) in [5.74, 6) is 2.27. The summed E-state index contributed by atoms with van der Waals surface area (Å²) in [5.41, 5.74) is 2.53. The van der Waals surface area contributed by atoms with Gasteiger partial charge in [-0.15, -0.1) is 0 Å². The minimum absolute atomic E-state index is 0.180. The molecule has 0 N–H and O–H groups in total. The molecule has 1 unspecified atom stereocenters. The van der Waals surface area contributed by atoms with E-state index in [2.05, 4.69) is 50.2 Å². The summed E-state index contributed by atoms with van der Waals surface area (Å²) in [6, 6.07) is 18.8. The first-order chi connectivity index (χ1) is 14.4. The van der Waals surface area contributed by atoms with Crippen LogP contribution in [0, 0.1) is 5.92 Å². The van der Waals surface area contributed by atoms with Gasteiger partial charge in [-0.2, -0.15) is 0 Å². The quantitative estimate of drug-likeness (QED) is 0.385. The maximum absolute atomic E-state index is 12.6. The number of hydrogen-bond acceptors (Lipinski definition) is 2. The predicted octanol–water partition coefficient (Wildman–Crippen LogP) is 6.82. The maximum Gasteiger partial charge on any atom is 0.222 e. The van der Waals surface area contributed by atoms with Crippen LogP contribution in [0.15, 0.2) is 54.6 Å². The average molecular weight is 410 g/mol. The van der Waals surface area contributed by atoms with E-state index < -0.39 is 0 Å². The number of benzene rings is 2. The number of nitrogens with zero attached hydrogens (tertiary/aromatic N) is 1. The van der Waals surface area contributed by atoms with Gasteiger partial charge in [0, 0.05) is 19.5 Å². The van der Waals surface area contributed by atoms with Crippen molar-refractivity contribution in [3.8, 4) is 5.75 Å². The van der Waals surface area contributed by atoms with Gasteiger partial charge in [0.1, 0.15) is 5.75 Å². The molecule has 0 fully saturated rings. The number of ether oxygens (including phenoxy) is 1. The molecule has 0 heterocycles. The van der Waals surface area contributed by atoms with Crippen LogP contribution in [-0.4, -0.2) is 23.5 Å². The molecular formula is C27H39NO2. The Kier molecular flexibility index (Phi) is 9.93. The standard InChI is InChI=1S/C27H39NO2/c1-6-27(29)28(20-23-10-8-7-9-11-23)19-18-25(13-12-21(2)3)24-14-16-26(17-15-24)30-22(4)5/h7-11,14-17,21-22,25H,6,12-13,18-20H2,1-5H3. The zero-order valence-corrected chi connectivity index (χ0v) is 19.4. The number of carbonyl (C=O) groups excluding carboxylic acids is 1. The van der Waals surface area contributed by atoms with Gasteiger partial charge in [-0.3, -0.25) is 4.79 Å². The molecule has 0 spiro atoms. The van der Waals surface area contributed by atoms with E-state index in [-0.39, 0.29) is 12.0 Å². The van der Waals surface area contributed by atoms with Crippen molar-refractivity contribution in [1.82, 2.24) is 4.90 Å². The molecule has 0 saturated carbocycles. The van der Waals surface area contributed by atoms with E-state index in [0.29, 0.717) is 24.8 Å². The minimum atomic E-state index is 0.180. The van der Waals surface area contributed by atoms with Crippen LogP contribution in [-0.2, 0) is 11.3 Å². The van der Waals surface area contributed by atoms with Crippen LogP contribution in [0.3, 0.4) is 0 Å². The van der Waals surface area contributed by atoms with E-state index in [0.717, 1.165) is 25.1 Å². The first-order valence-electron chi connectivity index (χ1n) is 11.5. The van der Waals surface area contributed by atoms with E-state index in [1.807, 2.05) is 43.9 Å². The lowest BCUT2D eigenvalue weighted by molar-refractivity contribution is -0.131. The molecule has 3 nitrogen and oxygen atoms in total. The average Bonchev–Trinajstić information content (AvgIpc) is 2.73. The Morgan fingerprint density at radius 1 is 0.900 bits per heavy atom. The van der Waals surface area contributed by atoms with E-state index in [4.69, 9.17) is 4.74 Å². The largest absolute Gasteiger partial charge is 0.491 e. The van der Waals surface area contributed by atoms with Crippen LogP contribution in [0.2, 0.25) is 0 Å². The third kappa shape index (κ3) is 8.22. The molecule has 0 bridgehead atoms. The lowest BCUT2D eigenvalue weighted by Gasteiger charge is -2.26. The van der Waals surface area contributed by atoms with Crippen molar-refractivity contribution >= 4 is 5.91 Å². The van der Waals surface area contributed by atoms with Gasteiger partial charge in [-0.05, 0) is 61.8 Å². The molecule has 2 rings (SSSR count). The Bertz CT molecular complexity index is 737. The fraction of sp³-hybridized carbons (Fsp3) is 0.519. The Morgan fingerprint density at radius 3 is 2.13 bits per heavy atom. The van der Waals surface area contributed by atoms with Gasteiger partial charge in [-0.1, -0.05) is 69.7 Å². The second-order valence-corrected chi connectivity index (χ2v) is 8.85. The van der Waals surface area contributed by atoms with E-state index in [9.17, 15) is 4.79 Å². The number of amides is 1. The molecule has 1 atom stereocenters. The molecule has 2 aromatic rings. The molecule has 0 aliphatic carbocycles. The minimum Gasteiger partial charge on any atom is -0.491 e. The molecule has 3 heteroatoms. The molecule has 0 aliphatic heterocycles. The van der Waals surface area contributed by atoms with Gasteiger partial charge in [0.05, 0.1) is 6.10 Å². The number of carbonyl (C=O) groups is 1. The van der Waals surface area contributed by atoms with Crippen molar-refractivity contribution in [2.45, 2.75) is 78.9 Å². The lowest BCUT2D eigenvalue weighted by Crippen LogP contribution is -2.31. The third-order valence-electron chi connectivity index (χ3n) is 5.43. The molecule has 0 aromatic heterocycles. The topological polar surface area (TPSA) is 29.5 Å². The highest BCUT2D eigenvalue weighted by Gasteiger charge is 2.18. The molecule has 0 aliphatic rings. The Morgan fingerprint density at radius 2 is 1.57 bits per heavy atom. The van der Waals surface area contributed by atoms with Gasteiger partial charge < -0.3 is 9.64 Å². The maximum atomic E-state index is 12.6. The molecule has 1 amide bonds. The van der Waals surface area contributed by atoms with E-state index >= 15 is 0 Å². The highest BCUT2D eigenvalue weighted by atomic mass is 16.5.